The Bertz CT molecular complexity index is 284. The van der Waals surface area contributed by atoms with E-state index in [9.17, 15) is 0 Å². The van der Waals surface area contributed by atoms with Gasteiger partial charge in [0.2, 0.25) is 0 Å². The second-order valence-corrected chi connectivity index (χ2v) is 6.65. The number of likely N-dealkylation sites (N-methyl/N-ethyl adjacent to an activating group) is 1. The predicted molar refractivity (Wildman–Crippen MR) is 72.2 cm³/mol. The minimum absolute atomic E-state index is 0.217. The minimum Gasteiger partial charge on any atom is -0.359 e. The van der Waals surface area contributed by atoms with E-state index >= 15 is 0 Å². The Balaban J connectivity index is 1.79. The van der Waals surface area contributed by atoms with Crippen molar-refractivity contribution in [3.63, 3.8) is 0 Å². The van der Waals surface area contributed by atoms with Crippen molar-refractivity contribution in [2.75, 3.05) is 19.3 Å². The molecule has 1 saturated heterocycles. The molecule has 0 spiro atoms. The lowest BCUT2D eigenvalue weighted by Crippen LogP contribution is -2.38. The van der Waals surface area contributed by atoms with E-state index in [0.717, 1.165) is 23.5 Å². The van der Waals surface area contributed by atoms with E-state index in [1.54, 1.807) is 0 Å². The molecule has 1 heterocycles. The standard InChI is InChI=1S/C12H23N3S/c1-9(15(4)10-5-6-10)7-13-11-14-12(2,3)8-16-11/h9-10H,5-8H2,1-4H3,(H,13,14). The maximum absolute atomic E-state index is 4.68. The Kier molecular flexibility index (Phi) is 3.50. The van der Waals surface area contributed by atoms with Crippen LogP contribution >= 0.6 is 11.8 Å². The summed E-state index contributed by atoms with van der Waals surface area (Å²) in [5, 5.41) is 4.59. The van der Waals surface area contributed by atoms with Crippen LogP contribution in [0.5, 0.6) is 0 Å². The van der Waals surface area contributed by atoms with E-state index in [4.69, 9.17) is 0 Å². The first-order chi connectivity index (χ1) is 7.48. The molecule has 1 unspecified atom stereocenters. The summed E-state index contributed by atoms with van der Waals surface area (Å²) in [4.78, 5) is 7.14. The summed E-state index contributed by atoms with van der Waals surface area (Å²) >= 11 is 1.85. The lowest BCUT2D eigenvalue weighted by molar-refractivity contribution is 0.253. The molecule has 0 bridgehead atoms. The zero-order valence-electron chi connectivity index (χ0n) is 10.8. The van der Waals surface area contributed by atoms with Gasteiger partial charge in [-0.25, -0.2) is 0 Å². The summed E-state index contributed by atoms with van der Waals surface area (Å²) in [6, 6.07) is 1.39. The van der Waals surface area contributed by atoms with E-state index < -0.39 is 0 Å². The predicted octanol–water partition coefficient (Wildman–Crippen LogP) is 1.94. The number of nitrogens with zero attached hydrogens (tertiary/aromatic N) is 2. The van der Waals surface area contributed by atoms with Crippen molar-refractivity contribution >= 4 is 16.9 Å². The Labute approximate surface area is 103 Å². The van der Waals surface area contributed by atoms with E-state index in [0.29, 0.717) is 6.04 Å². The first-order valence-corrected chi connectivity index (χ1v) is 7.14. The first-order valence-electron chi connectivity index (χ1n) is 6.15. The van der Waals surface area contributed by atoms with Crippen LogP contribution in [0.2, 0.25) is 0 Å². The number of rotatable bonds is 4. The molecule has 3 nitrogen and oxygen atoms in total. The highest BCUT2D eigenvalue weighted by atomic mass is 32.2. The highest BCUT2D eigenvalue weighted by Crippen LogP contribution is 2.27. The van der Waals surface area contributed by atoms with Gasteiger partial charge in [-0.05, 0) is 40.7 Å². The number of nitrogens with one attached hydrogen (secondary N) is 1. The lowest BCUT2D eigenvalue weighted by Gasteiger charge is -2.23. The topological polar surface area (TPSA) is 27.6 Å². The fourth-order valence-corrected chi connectivity index (χ4v) is 2.97. The zero-order chi connectivity index (χ0) is 11.8. The van der Waals surface area contributed by atoms with Crippen LogP contribution in [0.4, 0.5) is 0 Å². The third-order valence-electron chi connectivity index (χ3n) is 3.33. The average molecular weight is 241 g/mol. The number of hydrogen-bond donors (Lipinski definition) is 1. The Hall–Kier alpha value is -0.220. The second kappa shape index (κ2) is 4.57. The number of amidine groups is 1. The van der Waals surface area contributed by atoms with Gasteiger partial charge in [-0.15, -0.1) is 0 Å². The molecule has 4 heteroatoms. The van der Waals surface area contributed by atoms with Crippen molar-refractivity contribution in [3.8, 4) is 0 Å². The summed E-state index contributed by atoms with van der Waals surface area (Å²) in [7, 11) is 2.22. The molecule has 2 aliphatic rings. The van der Waals surface area contributed by atoms with Crippen LogP contribution < -0.4 is 5.32 Å². The van der Waals surface area contributed by atoms with Gasteiger partial charge in [-0.3, -0.25) is 9.89 Å². The van der Waals surface area contributed by atoms with E-state index in [2.05, 4.69) is 43.0 Å². The number of hydrogen-bond acceptors (Lipinski definition) is 3. The van der Waals surface area contributed by atoms with Crippen molar-refractivity contribution in [1.29, 1.82) is 0 Å². The lowest BCUT2D eigenvalue weighted by atomic mass is 10.1. The fraction of sp³-hybridized carbons (Fsp3) is 0.917. The van der Waals surface area contributed by atoms with E-state index in [1.807, 2.05) is 11.8 Å². The van der Waals surface area contributed by atoms with Crippen molar-refractivity contribution < 1.29 is 0 Å². The Morgan fingerprint density at radius 3 is 2.75 bits per heavy atom. The van der Waals surface area contributed by atoms with Gasteiger partial charge in [0, 0.05) is 23.4 Å². The summed E-state index contributed by atoms with van der Waals surface area (Å²) in [6.07, 6.45) is 2.74. The number of thioether (sulfide) groups is 1. The molecule has 0 amide bonds. The maximum Gasteiger partial charge on any atom is 0.157 e. The van der Waals surface area contributed by atoms with Crippen molar-refractivity contribution in [3.05, 3.63) is 0 Å². The SMILES string of the molecule is CC(CN=C1NC(C)(C)CS1)N(C)C1CC1. The van der Waals surface area contributed by atoms with Gasteiger partial charge in [-0.1, -0.05) is 11.8 Å². The molecule has 92 valence electrons. The molecule has 16 heavy (non-hydrogen) atoms. The van der Waals surface area contributed by atoms with Gasteiger partial charge in [0.15, 0.2) is 5.17 Å². The van der Waals surface area contributed by atoms with Crippen LogP contribution in [0.25, 0.3) is 0 Å². The summed E-state index contributed by atoms with van der Waals surface area (Å²) in [5.74, 6) is 1.12. The number of aliphatic imine (C=N–C) groups is 1. The van der Waals surface area contributed by atoms with Crippen molar-refractivity contribution in [2.24, 2.45) is 4.99 Å². The van der Waals surface area contributed by atoms with Crippen LogP contribution in [0.15, 0.2) is 4.99 Å². The largest absolute Gasteiger partial charge is 0.359 e. The Morgan fingerprint density at radius 1 is 1.56 bits per heavy atom. The first kappa shape index (κ1) is 12.2. The quantitative estimate of drug-likeness (QED) is 0.815. The summed E-state index contributed by atoms with van der Waals surface area (Å²) < 4.78 is 0. The molecule has 1 saturated carbocycles. The Morgan fingerprint density at radius 2 is 2.25 bits per heavy atom. The minimum atomic E-state index is 0.217. The molecular formula is C12H23N3S. The molecule has 1 aliphatic carbocycles. The van der Waals surface area contributed by atoms with Gasteiger partial charge in [-0.2, -0.15) is 0 Å². The van der Waals surface area contributed by atoms with Gasteiger partial charge >= 0.3 is 0 Å². The molecule has 0 aromatic heterocycles. The third kappa shape index (κ3) is 3.14. The van der Waals surface area contributed by atoms with Crippen molar-refractivity contribution in [2.45, 2.75) is 51.2 Å². The fourth-order valence-electron chi connectivity index (χ4n) is 1.88. The van der Waals surface area contributed by atoms with Crippen molar-refractivity contribution in [1.82, 2.24) is 10.2 Å². The molecular weight excluding hydrogens is 218 g/mol. The zero-order valence-corrected chi connectivity index (χ0v) is 11.6. The third-order valence-corrected chi connectivity index (χ3v) is 4.70. The molecule has 1 N–H and O–H groups in total. The average Bonchev–Trinajstić information content (AvgIpc) is 2.99. The van der Waals surface area contributed by atoms with Gasteiger partial charge in [0.25, 0.3) is 0 Å². The summed E-state index contributed by atoms with van der Waals surface area (Å²) in [5.41, 5.74) is 0.217. The van der Waals surface area contributed by atoms with Crippen LogP contribution in [-0.4, -0.2) is 47.0 Å². The molecule has 0 aromatic carbocycles. The molecule has 1 aliphatic heterocycles. The second-order valence-electron chi connectivity index (χ2n) is 5.69. The van der Waals surface area contributed by atoms with Gasteiger partial charge in [0.05, 0.1) is 6.54 Å². The highest BCUT2D eigenvalue weighted by molar-refractivity contribution is 8.14. The highest BCUT2D eigenvalue weighted by Gasteiger charge is 2.30. The van der Waals surface area contributed by atoms with Crippen LogP contribution in [0, 0.1) is 0 Å². The molecule has 1 atom stereocenters. The van der Waals surface area contributed by atoms with Crippen LogP contribution in [-0.2, 0) is 0 Å². The summed E-state index contributed by atoms with van der Waals surface area (Å²) in [6.45, 7) is 7.64. The normalized spacial score (nSPS) is 28.4. The van der Waals surface area contributed by atoms with Gasteiger partial charge < -0.3 is 5.32 Å². The van der Waals surface area contributed by atoms with Gasteiger partial charge in [0.1, 0.15) is 0 Å². The molecule has 0 aromatic rings. The molecule has 0 radical (unpaired) electrons. The smallest absolute Gasteiger partial charge is 0.157 e. The van der Waals surface area contributed by atoms with E-state index in [1.165, 1.54) is 12.8 Å². The van der Waals surface area contributed by atoms with Crippen LogP contribution in [0.1, 0.15) is 33.6 Å². The maximum atomic E-state index is 4.68. The van der Waals surface area contributed by atoms with Crippen LogP contribution in [0.3, 0.4) is 0 Å². The van der Waals surface area contributed by atoms with E-state index in [-0.39, 0.29) is 5.54 Å². The molecule has 2 rings (SSSR count). The molecule has 2 fully saturated rings. The monoisotopic (exact) mass is 241 g/mol.